The van der Waals surface area contributed by atoms with Crippen LogP contribution in [0.15, 0.2) is 0 Å². The van der Waals surface area contributed by atoms with E-state index >= 15 is 0 Å². The molecule has 1 rings (SSSR count). The molecule has 0 radical (unpaired) electrons. The van der Waals surface area contributed by atoms with Gasteiger partial charge in [-0.1, -0.05) is 6.92 Å². The molecule has 0 aliphatic carbocycles. The molecular weight excluding hydrogens is 194 g/mol. The lowest BCUT2D eigenvalue weighted by Crippen LogP contribution is -2.48. The fourth-order valence-corrected chi connectivity index (χ4v) is 3.40. The van der Waals surface area contributed by atoms with Gasteiger partial charge < -0.3 is 10.1 Å². The predicted molar refractivity (Wildman–Crippen MR) is 64.1 cm³/mol. The molecule has 2 atom stereocenters. The molecule has 0 aromatic carbocycles. The fraction of sp³-hybridized carbons (Fsp3) is 1.00. The highest BCUT2D eigenvalue weighted by Gasteiger charge is 2.37. The molecule has 1 fully saturated rings. The molecule has 1 aliphatic rings. The van der Waals surface area contributed by atoms with E-state index in [4.69, 9.17) is 4.74 Å². The molecule has 2 unspecified atom stereocenters. The molecule has 2 nitrogen and oxygen atoms in total. The summed E-state index contributed by atoms with van der Waals surface area (Å²) in [6, 6.07) is 0.514. The molecule has 3 heteroatoms. The van der Waals surface area contributed by atoms with E-state index in [0.717, 1.165) is 19.8 Å². The van der Waals surface area contributed by atoms with Gasteiger partial charge >= 0.3 is 0 Å². The van der Waals surface area contributed by atoms with Crippen molar-refractivity contribution in [2.24, 2.45) is 0 Å². The summed E-state index contributed by atoms with van der Waals surface area (Å²) in [5.74, 6) is 1.31. The topological polar surface area (TPSA) is 21.3 Å². The van der Waals surface area contributed by atoms with Crippen LogP contribution < -0.4 is 5.32 Å². The highest BCUT2D eigenvalue weighted by Crippen LogP contribution is 2.40. The van der Waals surface area contributed by atoms with Gasteiger partial charge in [0.15, 0.2) is 0 Å². The first-order valence-electron chi connectivity index (χ1n) is 5.68. The highest BCUT2D eigenvalue weighted by atomic mass is 32.2. The van der Waals surface area contributed by atoms with Gasteiger partial charge in [-0.05, 0) is 39.0 Å². The number of thioether (sulfide) groups is 1. The first-order valence-corrected chi connectivity index (χ1v) is 6.66. The van der Waals surface area contributed by atoms with Crippen LogP contribution in [0.4, 0.5) is 0 Å². The van der Waals surface area contributed by atoms with Crippen molar-refractivity contribution in [3.63, 3.8) is 0 Å². The van der Waals surface area contributed by atoms with Crippen molar-refractivity contribution in [2.75, 3.05) is 25.5 Å². The quantitative estimate of drug-likeness (QED) is 0.737. The summed E-state index contributed by atoms with van der Waals surface area (Å²) in [6.07, 6.45) is 2.68. The van der Waals surface area contributed by atoms with E-state index in [-0.39, 0.29) is 0 Å². The second kappa shape index (κ2) is 5.99. The second-order valence-electron chi connectivity index (χ2n) is 4.03. The van der Waals surface area contributed by atoms with E-state index in [1.54, 1.807) is 0 Å². The third kappa shape index (κ3) is 3.14. The van der Waals surface area contributed by atoms with Gasteiger partial charge in [0.25, 0.3) is 0 Å². The largest absolute Gasteiger partial charge is 0.380 e. The van der Waals surface area contributed by atoms with Crippen molar-refractivity contribution >= 4 is 11.8 Å². The predicted octanol–water partition coefficient (Wildman–Crippen LogP) is 2.29. The van der Waals surface area contributed by atoms with Crippen molar-refractivity contribution < 1.29 is 4.74 Å². The van der Waals surface area contributed by atoms with Gasteiger partial charge in [0.2, 0.25) is 0 Å². The van der Waals surface area contributed by atoms with Gasteiger partial charge in [-0.3, -0.25) is 0 Å². The van der Waals surface area contributed by atoms with Crippen molar-refractivity contribution in [1.82, 2.24) is 5.32 Å². The molecule has 1 heterocycles. The van der Waals surface area contributed by atoms with Gasteiger partial charge in [0.05, 0.1) is 6.61 Å². The Kier molecular flexibility index (Phi) is 5.28. The van der Waals surface area contributed by atoms with Crippen LogP contribution in [0.3, 0.4) is 0 Å². The minimum Gasteiger partial charge on any atom is -0.380 e. The Bertz CT molecular complexity index is 157. The monoisotopic (exact) mass is 217 g/mol. The van der Waals surface area contributed by atoms with Gasteiger partial charge in [-0.2, -0.15) is 11.8 Å². The molecule has 0 saturated carbocycles. The zero-order valence-corrected chi connectivity index (χ0v) is 10.5. The Morgan fingerprint density at radius 1 is 1.50 bits per heavy atom. The number of hydrogen-bond donors (Lipinski definition) is 1. The number of nitrogens with one attached hydrogen (secondary N) is 1. The zero-order chi connectivity index (χ0) is 10.4. The Hall–Kier alpha value is 0.270. The first kappa shape index (κ1) is 12.3. The van der Waals surface area contributed by atoms with E-state index in [1.165, 1.54) is 18.6 Å². The molecule has 0 aromatic rings. The summed E-state index contributed by atoms with van der Waals surface area (Å²) in [6.45, 7) is 9.32. The second-order valence-corrected chi connectivity index (χ2v) is 5.66. The standard InChI is InChI=1S/C11H23NOS/c1-4-12-10(9-13-5-2)11(3)7-6-8-14-11/h10,12H,4-9H2,1-3H3. The van der Waals surface area contributed by atoms with Crippen LogP contribution >= 0.6 is 11.8 Å². The average Bonchev–Trinajstić information content (AvgIpc) is 2.60. The van der Waals surface area contributed by atoms with Crippen molar-refractivity contribution in [1.29, 1.82) is 0 Å². The Morgan fingerprint density at radius 2 is 2.29 bits per heavy atom. The maximum atomic E-state index is 5.55. The van der Waals surface area contributed by atoms with Gasteiger partial charge in [0, 0.05) is 17.4 Å². The number of likely N-dealkylation sites (N-methyl/N-ethyl adjacent to an activating group) is 1. The van der Waals surface area contributed by atoms with Crippen LogP contribution in [-0.2, 0) is 4.74 Å². The molecule has 0 bridgehead atoms. The lowest BCUT2D eigenvalue weighted by Gasteiger charge is -2.33. The number of ether oxygens (including phenoxy) is 1. The van der Waals surface area contributed by atoms with E-state index in [2.05, 4.69) is 37.8 Å². The summed E-state index contributed by atoms with van der Waals surface area (Å²) in [7, 11) is 0. The molecule has 14 heavy (non-hydrogen) atoms. The van der Waals surface area contributed by atoms with E-state index < -0.39 is 0 Å². The van der Waals surface area contributed by atoms with Crippen LogP contribution in [0.5, 0.6) is 0 Å². The molecular formula is C11H23NOS. The third-order valence-corrected chi connectivity index (χ3v) is 4.57. The van der Waals surface area contributed by atoms with Crippen LogP contribution in [0, 0.1) is 0 Å². The normalized spacial score (nSPS) is 29.4. The summed E-state index contributed by atoms with van der Waals surface area (Å²) >= 11 is 2.10. The minimum absolute atomic E-state index is 0.394. The maximum Gasteiger partial charge on any atom is 0.0632 e. The van der Waals surface area contributed by atoms with Crippen LogP contribution in [-0.4, -0.2) is 36.3 Å². The molecule has 1 N–H and O–H groups in total. The third-order valence-electron chi connectivity index (χ3n) is 2.93. The Labute approximate surface area is 92.2 Å². The first-order chi connectivity index (χ1) is 6.73. The lowest BCUT2D eigenvalue weighted by molar-refractivity contribution is 0.112. The summed E-state index contributed by atoms with van der Waals surface area (Å²) in [4.78, 5) is 0. The molecule has 84 valence electrons. The highest BCUT2D eigenvalue weighted by molar-refractivity contribution is 8.00. The van der Waals surface area contributed by atoms with Crippen molar-refractivity contribution in [3.05, 3.63) is 0 Å². The van der Waals surface area contributed by atoms with Crippen LogP contribution in [0.1, 0.15) is 33.6 Å². The van der Waals surface area contributed by atoms with Crippen molar-refractivity contribution in [3.8, 4) is 0 Å². The molecule has 0 amide bonds. The fourth-order valence-electron chi connectivity index (χ4n) is 2.01. The van der Waals surface area contributed by atoms with Crippen molar-refractivity contribution in [2.45, 2.75) is 44.4 Å². The smallest absolute Gasteiger partial charge is 0.0632 e. The Balaban J connectivity index is 2.46. The minimum atomic E-state index is 0.394. The molecule has 0 spiro atoms. The van der Waals surface area contributed by atoms with Gasteiger partial charge in [-0.15, -0.1) is 0 Å². The number of rotatable bonds is 6. The summed E-state index contributed by atoms with van der Waals surface area (Å²) in [5.41, 5.74) is 0. The maximum absolute atomic E-state index is 5.55. The molecule has 1 aliphatic heterocycles. The van der Waals surface area contributed by atoms with Gasteiger partial charge in [-0.25, -0.2) is 0 Å². The molecule has 1 saturated heterocycles. The van der Waals surface area contributed by atoms with E-state index in [1.807, 2.05) is 0 Å². The van der Waals surface area contributed by atoms with Crippen LogP contribution in [0.25, 0.3) is 0 Å². The SMILES string of the molecule is CCNC(COCC)C1(C)CCCS1. The zero-order valence-electron chi connectivity index (χ0n) is 9.64. The van der Waals surface area contributed by atoms with Crippen LogP contribution in [0.2, 0.25) is 0 Å². The molecule has 0 aromatic heterocycles. The van der Waals surface area contributed by atoms with E-state index in [0.29, 0.717) is 10.8 Å². The summed E-state index contributed by atoms with van der Waals surface area (Å²) < 4.78 is 5.94. The Morgan fingerprint density at radius 3 is 2.79 bits per heavy atom. The summed E-state index contributed by atoms with van der Waals surface area (Å²) in [5, 5.41) is 3.55. The average molecular weight is 217 g/mol. The number of hydrogen-bond acceptors (Lipinski definition) is 3. The van der Waals surface area contributed by atoms with Gasteiger partial charge in [0.1, 0.15) is 0 Å². The van der Waals surface area contributed by atoms with E-state index in [9.17, 15) is 0 Å². The lowest BCUT2D eigenvalue weighted by atomic mass is 9.96.